The first-order valence-corrected chi connectivity index (χ1v) is 6.43. The lowest BCUT2D eigenvalue weighted by Gasteiger charge is -2.34. The molecular weight excluding hydrogens is 202 g/mol. The zero-order chi connectivity index (χ0) is 11.1. The van der Waals surface area contributed by atoms with Crippen LogP contribution < -0.4 is 11.3 Å². The molecule has 0 aliphatic heterocycles. The van der Waals surface area contributed by atoms with E-state index in [2.05, 4.69) is 6.92 Å². The lowest BCUT2D eigenvalue weighted by atomic mass is 9.76. The molecule has 1 rings (SSSR count). The van der Waals surface area contributed by atoms with Crippen molar-refractivity contribution < 1.29 is 9.90 Å². The lowest BCUT2D eigenvalue weighted by molar-refractivity contribution is -0.320. The van der Waals surface area contributed by atoms with E-state index in [1.165, 1.54) is 12.8 Å². The Morgan fingerprint density at radius 3 is 2.12 bits per heavy atom. The molecule has 1 aliphatic carbocycles. The second kappa shape index (κ2) is 7.66. The largest absolute Gasteiger partial charge is 0.550 e. The van der Waals surface area contributed by atoms with E-state index in [-0.39, 0.29) is 6.15 Å². The number of carboxylic acids is 1. The van der Waals surface area contributed by atoms with E-state index in [0.29, 0.717) is 0 Å². The van der Waals surface area contributed by atoms with Crippen LogP contribution in [0, 0.1) is 5.41 Å². The maximum Gasteiger partial charge on any atom is 0.0476 e. The van der Waals surface area contributed by atoms with Gasteiger partial charge in [-0.25, -0.2) is 0 Å². The second-order valence-corrected chi connectivity index (χ2v) is 4.94. The molecule has 0 aromatic carbocycles. The molecule has 0 saturated heterocycles. The van der Waals surface area contributed by atoms with Crippen molar-refractivity contribution in [2.75, 3.05) is 0 Å². The van der Waals surface area contributed by atoms with Crippen LogP contribution in [0.1, 0.15) is 71.1 Å². The number of unbranched alkanes of at least 4 members (excludes halogenated alkanes) is 2. The molecule has 0 heterocycles. The average Bonchev–Trinajstić information content (AvgIpc) is 2.45. The van der Waals surface area contributed by atoms with Crippen molar-refractivity contribution in [3.05, 3.63) is 0 Å². The van der Waals surface area contributed by atoms with Gasteiger partial charge in [0, 0.05) is 11.4 Å². The van der Waals surface area contributed by atoms with E-state index in [9.17, 15) is 9.90 Å². The molecule has 16 heavy (non-hydrogen) atoms. The fourth-order valence-corrected chi connectivity index (χ4v) is 2.67. The highest BCUT2D eigenvalue weighted by Gasteiger charge is 2.31. The molecule has 96 valence electrons. The number of carboxylic acid groups (broad SMARTS) is 1. The normalized spacial score (nSPS) is 19.6. The molecule has 0 aromatic rings. The monoisotopic (exact) mass is 229 g/mol. The Kier molecular flexibility index (Phi) is 7.39. The highest BCUT2D eigenvalue weighted by Crippen LogP contribution is 2.39. The van der Waals surface area contributed by atoms with E-state index in [1.807, 2.05) is 0 Å². The Balaban J connectivity index is 0.00000225. The second-order valence-electron chi connectivity index (χ2n) is 4.94. The zero-order valence-corrected chi connectivity index (χ0v) is 10.9. The number of quaternary nitrogens is 1. The first-order valence-electron chi connectivity index (χ1n) is 6.43. The number of carbonyl (C=O) groups excluding carboxylic acids is 1. The van der Waals surface area contributed by atoms with Crippen LogP contribution in [0.3, 0.4) is 0 Å². The van der Waals surface area contributed by atoms with Gasteiger partial charge in [0.2, 0.25) is 0 Å². The van der Waals surface area contributed by atoms with Gasteiger partial charge in [-0.3, -0.25) is 0 Å². The minimum atomic E-state index is -0.791. The standard InChI is InChI=1S/C13H24O2.H3N/c1-2-3-6-9-13(12(14)15)10-7-4-5-8-11-13;/h2-11H2,1H3,(H,14,15);1H3. The van der Waals surface area contributed by atoms with Crippen molar-refractivity contribution in [2.45, 2.75) is 71.1 Å². The van der Waals surface area contributed by atoms with Crippen LogP contribution >= 0.6 is 0 Å². The molecular formula is C13H27NO2. The highest BCUT2D eigenvalue weighted by molar-refractivity contribution is 5.72. The van der Waals surface area contributed by atoms with Gasteiger partial charge in [0.1, 0.15) is 0 Å². The van der Waals surface area contributed by atoms with Crippen molar-refractivity contribution >= 4 is 5.97 Å². The summed E-state index contributed by atoms with van der Waals surface area (Å²) in [5.74, 6) is -0.791. The maximum atomic E-state index is 11.3. The summed E-state index contributed by atoms with van der Waals surface area (Å²) >= 11 is 0. The van der Waals surface area contributed by atoms with Gasteiger partial charge in [-0.15, -0.1) is 0 Å². The van der Waals surface area contributed by atoms with Gasteiger partial charge in [-0.2, -0.15) is 0 Å². The third kappa shape index (κ3) is 4.12. The Bertz CT molecular complexity index is 196. The molecule has 0 spiro atoms. The summed E-state index contributed by atoms with van der Waals surface area (Å²) in [5.41, 5.74) is -0.480. The predicted octanol–water partition coefficient (Wildman–Crippen LogP) is 3.03. The third-order valence-electron chi connectivity index (χ3n) is 3.75. The van der Waals surface area contributed by atoms with Gasteiger partial charge in [0.25, 0.3) is 0 Å². The van der Waals surface area contributed by atoms with Gasteiger partial charge in [0.05, 0.1) is 0 Å². The molecule has 3 heteroatoms. The molecule has 1 saturated carbocycles. The van der Waals surface area contributed by atoms with Crippen molar-refractivity contribution in [3.8, 4) is 0 Å². The van der Waals surface area contributed by atoms with Crippen LogP contribution in [-0.4, -0.2) is 5.97 Å². The topological polar surface area (TPSA) is 76.6 Å². The molecule has 0 amide bonds. The van der Waals surface area contributed by atoms with Gasteiger partial charge in [-0.05, 0) is 19.3 Å². The SMILES string of the molecule is CCCCCC1(C(=O)[O-])CCCCCC1.[NH4+]. The summed E-state index contributed by atoms with van der Waals surface area (Å²) in [6, 6.07) is 0. The average molecular weight is 229 g/mol. The molecule has 3 nitrogen and oxygen atoms in total. The van der Waals surface area contributed by atoms with Crippen molar-refractivity contribution in [1.82, 2.24) is 6.15 Å². The molecule has 0 unspecified atom stereocenters. The van der Waals surface area contributed by atoms with Gasteiger partial charge >= 0.3 is 0 Å². The lowest BCUT2D eigenvalue weighted by Crippen LogP contribution is -2.42. The summed E-state index contributed by atoms with van der Waals surface area (Å²) in [4.78, 5) is 11.3. The first-order chi connectivity index (χ1) is 7.21. The summed E-state index contributed by atoms with van der Waals surface area (Å²) in [5, 5.41) is 11.3. The van der Waals surface area contributed by atoms with Crippen LogP contribution in [0.15, 0.2) is 0 Å². The Morgan fingerprint density at radius 1 is 1.12 bits per heavy atom. The minimum Gasteiger partial charge on any atom is -0.550 e. The van der Waals surface area contributed by atoms with Crippen molar-refractivity contribution in [3.63, 3.8) is 0 Å². The molecule has 0 radical (unpaired) electrons. The summed E-state index contributed by atoms with van der Waals surface area (Å²) < 4.78 is 0. The van der Waals surface area contributed by atoms with Crippen LogP contribution in [-0.2, 0) is 4.79 Å². The fourth-order valence-electron chi connectivity index (χ4n) is 2.67. The summed E-state index contributed by atoms with van der Waals surface area (Å²) in [6.07, 6.45) is 10.4. The van der Waals surface area contributed by atoms with E-state index in [4.69, 9.17) is 0 Å². The Labute approximate surface area is 99.2 Å². The minimum absolute atomic E-state index is 0. The van der Waals surface area contributed by atoms with E-state index >= 15 is 0 Å². The van der Waals surface area contributed by atoms with Crippen LogP contribution in [0.2, 0.25) is 0 Å². The fraction of sp³-hybridized carbons (Fsp3) is 0.923. The molecule has 1 fully saturated rings. The van der Waals surface area contributed by atoms with E-state index < -0.39 is 11.4 Å². The van der Waals surface area contributed by atoms with Crippen LogP contribution in [0.25, 0.3) is 0 Å². The van der Waals surface area contributed by atoms with Crippen LogP contribution in [0.5, 0.6) is 0 Å². The van der Waals surface area contributed by atoms with Crippen molar-refractivity contribution in [2.24, 2.45) is 5.41 Å². The summed E-state index contributed by atoms with van der Waals surface area (Å²) in [7, 11) is 0. The highest BCUT2D eigenvalue weighted by atomic mass is 16.4. The van der Waals surface area contributed by atoms with Gasteiger partial charge in [0.15, 0.2) is 0 Å². The number of carbonyl (C=O) groups is 1. The molecule has 1 aliphatic rings. The smallest absolute Gasteiger partial charge is 0.0476 e. The number of rotatable bonds is 5. The Hall–Kier alpha value is -0.570. The predicted molar refractivity (Wildman–Crippen MR) is 65.3 cm³/mol. The number of hydrogen-bond acceptors (Lipinski definition) is 2. The Morgan fingerprint density at radius 2 is 1.69 bits per heavy atom. The molecule has 0 bridgehead atoms. The van der Waals surface area contributed by atoms with Gasteiger partial charge < -0.3 is 16.1 Å². The maximum absolute atomic E-state index is 11.3. The molecule has 0 aromatic heterocycles. The number of hydrogen-bond donors (Lipinski definition) is 1. The number of aliphatic carboxylic acids is 1. The van der Waals surface area contributed by atoms with Crippen molar-refractivity contribution in [1.29, 1.82) is 0 Å². The van der Waals surface area contributed by atoms with Crippen LogP contribution in [0.4, 0.5) is 0 Å². The van der Waals surface area contributed by atoms with Gasteiger partial charge in [-0.1, -0.05) is 51.9 Å². The zero-order valence-electron chi connectivity index (χ0n) is 10.9. The third-order valence-corrected chi connectivity index (χ3v) is 3.75. The molecule has 0 atom stereocenters. The van der Waals surface area contributed by atoms with E-state index in [1.54, 1.807) is 0 Å². The first kappa shape index (κ1) is 15.4. The summed E-state index contributed by atoms with van der Waals surface area (Å²) in [6.45, 7) is 2.15. The van der Waals surface area contributed by atoms with E-state index in [0.717, 1.165) is 51.4 Å². The molecule has 4 N–H and O–H groups in total. The quantitative estimate of drug-likeness (QED) is 0.581.